The van der Waals surface area contributed by atoms with Crippen molar-refractivity contribution in [1.82, 2.24) is 10.2 Å². The van der Waals surface area contributed by atoms with E-state index < -0.39 is 6.03 Å². The highest BCUT2D eigenvalue weighted by atomic mass is 16.2. The van der Waals surface area contributed by atoms with Gasteiger partial charge in [-0.3, -0.25) is 15.0 Å². The molecule has 2 aromatic carbocycles. The second-order valence-electron chi connectivity index (χ2n) is 6.34. The van der Waals surface area contributed by atoms with Gasteiger partial charge >= 0.3 is 6.03 Å². The molecule has 1 atom stereocenters. The monoisotopic (exact) mass is 352 g/mol. The van der Waals surface area contributed by atoms with Crippen molar-refractivity contribution in [3.05, 3.63) is 60.7 Å². The number of nitrogens with one attached hydrogen (secondary N) is 2. The van der Waals surface area contributed by atoms with E-state index in [0.29, 0.717) is 5.69 Å². The van der Waals surface area contributed by atoms with Crippen LogP contribution < -0.4 is 15.5 Å². The summed E-state index contributed by atoms with van der Waals surface area (Å²) in [7, 11) is 0. The smallest absolute Gasteiger partial charge is 0.325 e. The summed E-state index contributed by atoms with van der Waals surface area (Å²) in [6.45, 7) is 5.12. The Kier molecular flexibility index (Phi) is 5.86. The van der Waals surface area contributed by atoms with Crippen molar-refractivity contribution >= 4 is 23.3 Å². The van der Waals surface area contributed by atoms with Crippen LogP contribution in [0.25, 0.3) is 0 Å². The summed E-state index contributed by atoms with van der Waals surface area (Å²) in [5.41, 5.74) is 1.86. The zero-order valence-electron chi connectivity index (χ0n) is 14.9. The van der Waals surface area contributed by atoms with Gasteiger partial charge in [-0.2, -0.15) is 0 Å². The van der Waals surface area contributed by atoms with Gasteiger partial charge in [0.15, 0.2) is 0 Å². The number of amides is 3. The Morgan fingerprint density at radius 1 is 0.885 bits per heavy atom. The molecular formula is C20H24N4O2. The number of benzene rings is 2. The quantitative estimate of drug-likeness (QED) is 0.888. The van der Waals surface area contributed by atoms with E-state index in [0.717, 1.165) is 26.2 Å². The van der Waals surface area contributed by atoms with Gasteiger partial charge < -0.3 is 10.2 Å². The minimum atomic E-state index is -0.504. The lowest BCUT2D eigenvalue weighted by molar-refractivity contribution is -0.124. The van der Waals surface area contributed by atoms with E-state index in [1.54, 1.807) is 12.1 Å². The summed E-state index contributed by atoms with van der Waals surface area (Å²) in [5.74, 6) is -0.286. The van der Waals surface area contributed by atoms with Crippen molar-refractivity contribution in [2.45, 2.75) is 13.0 Å². The van der Waals surface area contributed by atoms with E-state index in [2.05, 4.69) is 32.6 Å². The summed E-state index contributed by atoms with van der Waals surface area (Å²) in [5, 5.41) is 5.09. The minimum absolute atomic E-state index is 0.286. The van der Waals surface area contributed by atoms with E-state index >= 15 is 0 Å². The van der Waals surface area contributed by atoms with Crippen molar-refractivity contribution in [2.75, 3.05) is 36.4 Å². The lowest BCUT2D eigenvalue weighted by atomic mass is 10.2. The van der Waals surface area contributed by atoms with E-state index in [1.165, 1.54) is 5.69 Å². The van der Waals surface area contributed by atoms with Crippen molar-refractivity contribution in [2.24, 2.45) is 0 Å². The molecule has 0 spiro atoms. The van der Waals surface area contributed by atoms with Crippen LogP contribution in [0.4, 0.5) is 16.2 Å². The van der Waals surface area contributed by atoms with Gasteiger partial charge in [0, 0.05) is 37.6 Å². The first-order valence-electron chi connectivity index (χ1n) is 8.84. The van der Waals surface area contributed by atoms with Crippen LogP contribution in [0.3, 0.4) is 0 Å². The molecule has 1 aliphatic heterocycles. The van der Waals surface area contributed by atoms with E-state index in [4.69, 9.17) is 0 Å². The first-order valence-corrected chi connectivity index (χ1v) is 8.84. The van der Waals surface area contributed by atoms with Gasteiger partial charge in [-0.05, 0) is 31.2 Å². The number of nitrogens with zero attached hydrogens (tertiary/aromatic N) is 2. The Hall–Kier alpha value is -2.86. The minimum Gasteiger partial charge on any atom is -0.369 e. The molecule has 26 heavy (non-hydrogen) atoms. The Morgan fingerprint density at radius 2 is 1.46 bits per heavy atom. The third kappa shape index (κ3) is 4.61. The summed E-state index contributed by atoms with van der Waals surface area (Å²) < 4.78 is 0. The Bertz CT molecular complexity index is 728. The molecule has 2 N–H and O–H groups in total. The number of para-hydroxylation sites is 2. The molecular weight excluding hydrogens is 328 g/mol. The van der Waals surface area contributed by atoms with Crippen LogP contribution in [0.2, 0.25) is 0 Å². The second kappa shape index (κ2) is 8.49. The number of carbonyl (C=O) groups is 2. The summed E-state index contributed by atoms with van der Waals surface area (Å²) in [6.07, 6.45) is 0. The summed E-state index contributed by atoms with van der Waals surface area (Å²) in [6, 6.07) is 18.5. The van der Waals surface area contributed by atoms with E-state index in [1.807, 2.05) is 43.3 Å². The number of rotatable bonds is 4. The predicted octanol–water partition coefficient (Wildman–Crippen LogP) is 2.55. The number of imide groups is 1. The maximum Gasteiger partial charge on any atom is 0.325 e. The highest BCUT2D eigenvalue weighted by Gasteiger charge is 2.26. The molecule has 1 fully saturated rings. The molecule has 3 rings (SSSR count). The van der Waals surface area contributed by atoms with Crippen molar-refractivity contribution < 1.29 is 9.59 Å². The zero-order valence-corrected chi connectivity index (χ0v) is 14.9. The van der Waals surface area contributed by atoms with E-state index in [9.17, 15) is 9.59 Å². The summed E-state index contributed by atoms with van der Waals surface area (Å²) in [4.78, 5) is 28.8. The average molecular weight is 352 g/mol. The van der Waals surface area contributed by atoms with Crippen molar-refractivity contribution in [3.8, 4) is 0 Å². The lowest BCUT2D eigenvalue weighted by Crippen LogP contribution is -2.55. The van der Waals surface area contributed by atoms with Crippen LogP contribution in [0.5, 0.6) is 0 Å². The van der Waals surface area contributed by atoms with Gasteiger partial charge in [-0.15, -0.1) is 0 Å². The van der Waals surface area contributed by atoms with Gasteiger partial charge in [0.2, 0.25) is 5.91 Å². The molecule has 1 heterocycles. The van der Waals surface area contributed by atoms with Crippen LogP contribution in [0.15, 0.2) is 60.7 Å². The first-order chi connectivity index (χ1) is 12.6. The maximum atomic E-state index is 12.4. The highest BCUT2D eigenvalue weighted by Crippen LogP contribution is 2.16. The first kappa shape index (κ1) is 17.9. The van der Waals surface area contributed by atoms with Gasteiger partial charge in [0.05, 0.1) is 6.04 Å². The summed E-state index contributed by atoms with van der Waals surface area (Å²) >= 11 is 0. The van der Waals surface area contributed by atoms with Gasteiger partial charge in [0.25, 0.3) is 0 Å². The Labute approximate surface area is 153 Å². The normalized spacial score (nSPS) is 16.0. The second-order valence-corrected chi connectivity index (χ2v) is 6.34. The largest absolute Gasteiger partial charge is 0.369 e. The molecule has 6 heteroatoms. The SMILES string of the molecule is CC(C(=O)NC(=O)Nc1ccccc1)N1CCN(c2ccccc2)CC1. The Morgan fingerprint density at radius 3 is 2.08 bits per heavy atom. The van der Waals surface area contributed by atoms with E-state index in [-0.39, 0.29) is 11.9 Å². The molecule has 1 saturated heterocycles. The third-order valence-electron chi connectivity index (χ3n) is 4.63. The number of carbonyl (C=O) groups excluding carboxylic acids is 2. The molecule has 1 aliphatic rings. The maximum absolute atomic E-state index is 12.4. The fraction of sp³-hybridized carbons (Fsp3) is 0.300. The molecule has 0 saturated carbocycles. The average Bonchev–Trinajstić information content (AvgIpc) is 2.69. The van der Waals surface area contributed by atoms with Crippen LogP contribution >= 0.6 is 0 Å². The Balaban J connectivity index is 1.47. The number of hydrogen-bond donors (Lipinski definition) is 2. The third-order valence-corrected chi connectivity index (χ3v) is 4.63. The molecule has 0 radical (unpaired) electrons. The molecule has 6 nitrogen and oxygen atoms in total. The molecule has 136 valence electrons. The van der Waals surface area contributed by atoms with Crippen LogP contribution in [-0.2, 0) is 4.79 Å². The number of anilines is 2. The van der Waals surface area contributed by atoms with Crippen LogP contribution in [-0.4, -0.2) is 49.1 Å². The van der Waals surface area contributed by atoms with Gasteiger partial charge in [0.1, 0.15) is 0 Å². The molecule has 0 aromatic heterocycles. The molecule has 0 aliphatic carbocycles. The fourth-order valence-electron chi connectivity index (χ4n) is 3.07. The number of urea groups is 1. The van der Waals surface area contributed by atoms with Crippen LogP contribution in [0, 0.1) is 0 Å². The lowest BCUT2D eigenvalue weighted by Gasteiger charge is -2.38. The molecule has 2 aromatic rings. The molecule has 3 amide bonds. The van der Waals surface area contributed by atoms with Crippen molar-refractivity contribution in [1.29, 1.82) is 0 Å². The number of hydrogen-bond acceptors (Lipinski definition) is 4. The standard InChI is InChI=1S/C20H24N4O2/c1-16(19(25)22-20(26)21-17-8-4-2-5-9-17)23-12-14-24(15-13-23)18-10-6-3-7-11-18/h2-11,16H,12-15H2,1H3,(H2,21,22,25,26). The number of piperazine rings is 1. The predicted molar refractivity (Wildman–Crippen MR) is 103 cm³/mol. The fourth-order valence-corrected chi connectivity index (χ4v) is 3.07. The van der Waals surface area contributed by atoms with Gasteiger partial charge in [-0.25, -0.2) is 4.79 Å². The van der Waals surface area contributed by atoms with Crippen molar-refractivity contribution in [3.63, 3.8) is 0 Å². The highest BCUT2D eigenvalue weighted by molar-refractivity contribution is 6.02. The molecule has 1 unspecified atom stereocenters. The van der Waals surface area contributed by atoms with Crippen LogP contribution in [0.1, 0.15) is 6.92 Å². The van der Waals surface area contributed by atoms with Gasteiger partial charge in [-0.1, -0.05) is 36.4 Å². The zero-order chi connectivity index (χ0) is 18.4. The molecule has 0 bridgehead atoms. The topological polar surface area (TPSA) is 64.7 Å².